The number of amides is 1. The van der Waals surface area contributed by atoms with Crippen LogP contribution in [-0.2, 0) is 0 Å². The molecule has 0 aliphatic rings. The van der Waals surface area contributed by atoms with Gasteiger partial charge in [0.05, 0.1) is 18.4 Å². The number of aliphatic hydroxyl groups is 1. The molecule has 18 heavy (non-hydrogen) atoms. The van der Waals surface area contributed by atoms with E-state index in [1.54, 1.807) is 0 Å². The van der Waals surface area contributed by atoms with Gasteiger partial charge in [0.1, 0.15) is 5.82 Å². The number of aliphatic hydroxyl groups excluding tert-OH is 1. The topological polar surface area (TPSA) is 62.2 Å². The smallest absolute Gasteiger partial charge is 0.252 e. The van der Waals surface area contributed by atoms with Crippen LogP contribution >= 0.6 is 0 Å². The van der Waals surface area contributed by atoms with Crippen LogP contribution in [0.5, 0.6) is 0 Å². The van der Waals surface area contributed by atoms with E-state index in [9.17, 15) is 14.3 Å². The fraction of sp³-hybridized carbons (Fsp3) is 0.538. The van der Waals surface area contributed by atoms with Crippen molar-refractivity contribution >= 4 is 5.91 Å². The molecule has 1 heterocycles. The molecule has 0 unspecified atom stereocenters. The number of carbonyl (C=O) groups excluding carboxylic acids is 1. The Hall–Kier alpha value is -1.49. The van der Waals surface area contributed by atoms with Gasteiger partial charge in [0, 0.05) is 18.2 Å². The highest BCUT2D eigenvalue weighted by Gasteiger charge is 2.26. The zero-order valence-corrected chi connectivity index (χ0v) is 10.7. The Kier molecular flexibility index (Phi) is 5.22. The summed E-state index contributed by atoms with van der Waals surface area (Å²) in [7, 11) is 0. The number of hydrogen-bond acceptors (Lipinski definition) is 3. The highest BCUT2D eigenvalue weighted by molar-refractivity contribution is 5.93. The van der Waals surface area contributed by atoms with Crippen LogP contribution in [0.2, 0.25) is 0 Å². The lowest BCUT2D eigenvalue weighted by molar-refractivity contribution is 0.0850. The summed E-state index contributed by atoms with van der Waals surface area (Å²) < 4.78 is 12.9. The van der Waals surface area contributed by atoms with Crippen LogP contribution in [0.4, 0.5) is 4.39 Å². The first kappa shape index (κ1) is 14.6. The number of halogens is 1. The van der Waals surface area contributed by atoms with Crippen molar-refractivity contribution in [2.45, 2.75) is 26.7 Å². The molecule has 0 bridgehead atoms. The van der Waals surface area contributed by atoms with Crippen molar-refractivity contribution in [3.8, 4) is 0 Å². The molecule has 5 heteroatoms. The van der Waals surface area contributed by atoms with Crippen LogP contribution in [0, 0.1) is 11.2 Å². The van der Waals surface area contributed by atoms with Crippen molar-refractivity contribution in [3.05, 3.63) is 29.8 Å². The average Bonchev–Trinajstić information content (AvgIpc) is 2.40. The Morgan fingerprint density at radius 1 is 1.44 bits per heavy atom. The molecule has 0 atom stereocenters. The molecule has 0 aliphatic heterocycles. The molecule has 1 aromatic heterocycles. The molecule has 0 saturated carbocycles. The van der Waals surface area contributed by atoms with Crippen molar-refractivity contribution in [3.63, 3.8) is 0 Å². The van der Waals surface area contributed by atoms with Crippen LogP contribution in [0.1, 0.15) is 37.0 Å². The summed E-state index contributed by atoms with van der Waals surface area (Å²) in [5, 5.41) is 12.1. The summed E-state index contributed by atoms with van der Waals surface area (Å²) in [6.07, 6.45) is 3.90. The number of nitrogens with zero attached hydrogens (tertiary/aromatic N) is 1. The Morgan fingerprint density at radius 2 is 2.11 bits per heavy atom. The fourth-order valence-electron chi connectivity index (χ4n) is 1.69. The van der Waals surface area contributed by atoms with Gasteiger partial charge in [-0.1, -0.05) is 13.8 Å². The Bertz CT molecular complexity index is 397. The minimum Gasteiger partial charge on any atom is -0.396 e. The van der Waals surface area contributed by atoms with Crippen LogP contribution < -0.4 is 5.32 Å². The third-order valence-corrected chi connectivity index (χ3v) is 3.43. The quantitative estimate of drug-likeness (QED) is 0.813. The normalized spacial score (nSPS) is 11.3. The van der Waals surface area contributed by atoms with Gasteiger partial charge in [-0.05, 0) is 18.9 Å². The molecule has 100 valence electrons. The molecular weight excluding hydrogens is 235 g/mol. The monoisotopic (exact) mass is 254 g/mol. The van der Waals surface area contributed by atoms with Crippen molar-refractivity contribution in [1.29, 1.82) is 0 Å². The second kappa shape index (κ2) is 6.44. The lowest BCUT2D eigenvalue weighted by Gasteiger charge is -2.29. The van der Waals surface area contributed by atoms with Gasteiger partial charge in [-0.15, -0.1) is 0 Å². The Balaban J connectivity index is 2.66. The first-order chi connectivity index (χ1) is 8.56. The van der Waals surface area contributed by atoms with Crippen LogP contribution in [0.3, 0.4) is 0 Å². The molecule has 0 aromatic carbocycles. The zero-order chi connectivity index (χ0) is 13.6. The van der Waals surface area contributed by atoms with Gasteiger partial charge >= 0.3 is 0 Å². The first-order valence-electron chi connectivity index (χ1n) is 6.06. The molecule has 1 rings (SSSR count). The summed E-state index contributed by atoms with van der Waals surface area (Å²) in [6.45, 7) is 4.32. The summed E-state index contributed by atoms with van der Waals surface area (Å²) in [5.41, 5.74) is -0.120. The van der Waals surface area contributed by atoms with E-state index in [0.717, 1.165) is 25.1 Å². The number of nitrogens with one attached hydrogen (secondary N) is 1. The molecule has 0 spiro atoms. The maximum atomic E-state index is 12.9. The molecular formula is C13H19FN2O2. The van der Waals surface area contributed by atoms with Crippen LogP contribution in [-0.4, -0.2) is 29.1 Å². The Morgan fingerprint density at radius 3 is 2.61 bits per heavy atom. The van der Waals surface area contributed by atoms with Gasteiger partial charge in [0.15, 0.2) is 0 Å². The standard InChI is InChI=1S/C13H19FN2O2/c1-3-13(4-2,9-17)8-16-12(18)10-5-11(14)7-15-6-10/h5-7,17H,3-4,8-9H2,1-2H3,(H,16,18). The fourth-order valence-corrected chi connectivity index (χ4v) is 1.69. The van der Waals surface area contributed by atoms with Crippen LogP contribution in [0.15, 0.2) is 18.5 Å². The molecule has 4 nitrogen and oxygen atoms in total. The third-order valence-electron chi connectivity index (χ3n) is 3.43. The molecule has 1 amide bonds. The predicted molar refractivity (Wildman–Crippen MR) is 66.6 cm³/mol. The van der Waals surface area contributed by atoms with Gasteiger partial charge in [-0.2, -0.15) is 0 Å². The van der Waals surface area contributed by atoms with Crippen molar-refractivity contribution in [2.24, 2.45) is 5.41 Å². The number of rotatable bonds is 6. The summed E-state index contributed by atoms with van der Waals surface area (Å²) in [4.78, 5) is 15.4. The maximum Gasteiger partial charge on any atom is 0.252 e. The van der Waals surface area contributed by atoms with E-state index in [1.165, 1.54) is 6.20 Å². The van der Waals surface area contributed by atoms with Crippen molar-refractivity contribution in [2.75, 3.05) is 13.2 Å². The maximum absolute atomic E-state index is 12.9. The highest BCUT2D eigenvalue weighted by atomic mass is 19.1. The minimum absolute atomic E-state index is 0.0156. The zero-order valence-electron chi connectivity index (χ0n) is 10.7. The molecule has 0 fully saturated rings. The second-order valence-electron chi connectivity index (χ2n) is 4.44. The number of aromatic nitrogens is 1. The molecule has 2 N–H and O–H groups in total. The number of carbonyl (C=O) groups is 1. The van der Waals surface area contributed by atoms with E-state index in [0.29, 0.717) is 6.54 Å². The highest BCUT2D eigenvalue weighted by Crippen LogP contribution is 2.24. The number of hydrogen-bond donors (Lipinski definition) is 2. The largest absolute Gasteiger partial charge is 0.396 e. The van der Waals surface area contributed by atoms with Gasteiger partial charge in [0.2, 0.25) is 0 Å². The van der Waals surface area contributed by atoms with Gasteiger partial charge in [-0.3, -0.25) is 9.78 Å². The lowest BCUT2D eigenvalue weighted by Crippen LogP contribution is -2.39. The summed E-state index contributed by atoms with van der Waals surface area (Å²) in [6, 6.07) is 1.14. The van der Waals surface area contributed by atoms with Crippen molar-refractivity contribution < 1.29 is 14.3 Å². The third kappa shape index (κ3) is 3.50. The number of pyridine rings is 1. The van der Waals surface area contributed by atoms with E-state index in [-0.39, 0.29) is 23.5 Å². The molecule has 0 radical (unpaired) electrons. The lowest BCUT2D eigenvalue weighted by atomic mass is 9.83. The van der Waals surface area contributed by atoms with E-state index < -0.39 is 5.82 Å². The first-order valence-corrected chi connectivity index (χ1v) is 6.06. The SMILES string of the molecule is CCC(CC)(CO)CNC(=O)c1cncc(F)c1. The van der Waals surface area contributed by atoms with E-state index in [4.69, 9.17) is 0 Å². The van der Waals surface area contributed by atoms with Crippen molar-refractivity contribution in [1.82, 2.24) is 10.3 Å². The molecule has 0 saturated heterocycles. The van der Waals surface area contributed by atoms with E-state index >= 15 is 0 Å². The summed E-state index contributed by atoms with van der Waals surface area (Å²) >= 11 is 0. The van der Waals surface area contributed by atoms with Gasteiger partial charge < -0.3 is 10.4 Å². The van der Waals surface area contributed by atoms with Gasteiger partial charge in [0.25, 0.3) is 5.91 Å². The van der Waals surface area contributed by atoms with E-state index in [1.807, 2.05) is 13.8 Å². The molecule has 1 aromatic rings. The Labute approximate surface area is 106 Å². The summed E-state index contributed by atoms with van der Waals surface area (Å²) in [5.74, 6) is -0.913. The van der Waals surface area contributed by atoms with Gasteiger partial charge in [-0.25, -0.2) is 4.39 Å². The minimum atomic E-state index is -0.540. The second-order valence-corrected chi connectivity index (χ2v) is 4.44. The van der Waals surface area contributed by atoms with Crippen LogP contribution in [0.25, 0.3) is 0 Å². The predicted octanol–water partition coefficient (Wildman–Crippen LogP) is 1.75. The average molecular weight is 254 g/mol. The van der Waals surface area contributed by atoms with E-state index in [2.05, 4.69) is 10.3 Å². The molecule has 0 aliphatic carbocycles.